The molecule has 4 nitrogen and oxygen atoms in total. The molecule has 4 rings (SSSR count). The van der Waals surface area contributed by atoms with Crippen molar-refractivity contribution in [2.24, 2.45) is 0 Å². The standard InChI is InChI=1S/C15H19N3O.C6H6/c16-14-10-9-13(11-5-2-1-3-6-11)18(14)15(19)17-12-7-4-8-12;1-2-4-6-5-3-1/h1-3,5-6,12-13,16H,4,7-10H2,(H,17,19);1-6H. The van der Waals surface area contributed by atoms with Gasteiger partial charge in [0, 0.05) is 12.5 Å². The van der Waals surface area contributed by atoms with Gasteiger partial charge in [-0.15, -0.1) is 0 Å². The average Bonchev–Trinajstić information content (AvgIpc) is 3.02. The molecular weight excluding hydrogens is 310 g/mol. The SMILES string of the molecule is N=C1CCC(c2ccccc2)N1C(=O)NC1CCC1.c1ccccc1. The van der Waals surface area contributed by atoms with Gasteiger partial charge in [-0.25, -0.2) is 4.79 Å². The highest BCUT2D eigenvalue weighted by Crippen LogP contribution is 2.33. The van der Waals surface area contributed by atoms with Crippen molar-refractivity contribution < 1.29 is 4.79 Å². The van der Waals surface area contributed by atoms with E-state index < -0.39 is 0 Å². The third kappa shape index (κ3) is 4.47. The van der Waals surface area contributed by atoms with Crippen LogP contribution in [0.15, 0.2) is 66.7 Å². The molecule has 2 amide bonds. The lowest BCUT2D eigenvalue weighted by Crippen LogP contribution is -2.48. The van der Waals surface area contributed by atoms with E-state index in [-0.39, 0.29) is 12.1 Å². The van der Waals surface area contributed by atoms with Crippen molar-refractivity contribution in [3.8, 4) is 0 Å². The Morgan fingerprint density at radius 1 is 0.920 bits per heavy atom. The van der Waals surface area contributed by atoms with Crippen LogP contribution in [0.5, 0.6) is 0 Å². The Bertz CT molecular complexity index is 656. The number of urea groups is 1. The Labute approximate surface area is 149 Å². The highest BCUT2D eigenvalue weighted by molar-refractivity contribution is 5.98. The van der Waals surface area contributed by atoms with Crippen molar-refractivity contribution in [2.45, 2.75) is 44.2 Å². The van der Waals surface area contributed by atoms with Crippen LogP contribution in [0.3, 0.4) is 0 Å². The van der Waals surface area contributed by atoms with Gasteiger partial charge in [0.05, 0.1) is 6.04 Å². The summed E-state index contributed by atoms with van der Waals surface area (Å²) in [6.45, 7) is 0. The molecule has 2 fully saturated rings. The molecule has 1 heterocycles. The van der Waals surface area contributed by atoms with Crippen molar-refractivity contribution in [3.63, 3.8) is 0 Å². The van der Waals surface area contributed by atoms with Gasteiger partial charge < -0.3 is 5.32 Å². The zero-order valence-corrected chi connectivity index (χ0v) is 14.4. The summed E-state index contributed by atoms with van der Waals surface area (Å²) in [5.74, 6) is 0.436. The summed E-state index contributed by atoms with van der Waals surface area (Å²) in [6, 6.07) is 22.3. The van der Waals surface area contributed by atoms with E-state index in [1.54, 1.807) is 4.90 Å². The fraction of sp³-hybridized carbons (Fsp3) is 0.333. The first-order chi connectivity index (χ1) is 12.3. The molecule has 2 aromatic rings. The molecule has 2 N–H and O–H groups in total. The lowest BCUT2D eigenvalue weighted by atomic mass is 9.93. The molecular formula is C21H25N3O. The van der Waals surface area contributed by atoms with E-state index in [1.807, 2.05) is 66.7 Å². The van der Waals surface area contributed by atoms with E-state index in [1.165, 1.54) is 6.42 Å². The fourth-order valence-corrected chi connectivity index (χ4v) is 3.15. The largest absolute Gasteiger partial charge is 0.335 e. The quantitative estimate of drug-likeness (QED) is 0.817. The van der Waals surface area contributed by atoms with Crippen LogP contribution < -0.4 is 5.32 Å². The van der Waals surface area contributed by atoms with Crippen LogP contribution in [0.4, 0.5) is 4.79 Å². The maximum atomic E-state index is 12.3. The van der Waals surface area contributed by atoms with E-state index in [2.05, 4.69) is 5.32 Å². The Kier molecular flexibility index (Phi) is 5.83. The van der Waals surface area contributed by atoms with Crippen molar-refractivity contribution in [2.75, 3.05) is 0 Å². The summed E-state index contributed by atoms with van der Waals surface area (Å²) in [5, 5.41) is 11.0. The summed E-state index contributed by atoms with van der Waals surface area (Å²) >= 11 is 0. The summed E-state index contributed by atoms with van der Waals surface area (Å²) < 4.78 is 0. The lowest BCUT2D eigenvalue weighted by molar-refractivity contribution is 0.200. The van der Waals surface area contributed by atoms with Gasteiger partial charge in [-0.05, 0) is 31.2 Å². The van der Waals surface area contributed by atoms with Gasteiger partial charge in [0.1, 0.15) is 5.84 Å². The number of benzene rings is 2. The number of likely N-dealkylation sites (tertiary alicyclic amines) is 1. The number of nitrogens with one attached hydrogen (secondary N) is 2. The van der Waals surface area contributed by atoms with Crippen molar-refractivity contribution >= 4 is 11.9 Å². The monoisotopic (exact) mass is 335 g/mol. The zero-order chi connectivity index (χ0) is 17.5. The molecule has 4 heteroatoms. The second-order valence-electron chi connectivity index (χ2n) is 6.51. The van der Waals surface area contributed by atoms with E-state index in [4.69, 9.17) is 5.41 Å². The number of hydrogen-bond donors (Lipinski definition) is 2. The molecule has 2 aromatic carbocycles. The predicted octanol–water partition coefficient (Wildman–Crippen LogP) is 4.75. The number of carbonyl (C=O) groups is 1. The molecule has 25 heavy (non-hydrogen) atoms. The third-order valence-electron chi connectivity index (χ3n) is 4.76. The summed E-state index contributed by atoms with van der Waals surface area (Å²) in [4.78, 5) is 13.9. The van der Waals surface area contributed by atoms with Crippen LogP contribution in [0, 0.1) is 5.41 Å². The highest BCUT2D eigenvalue weighted by atomic mass is 16.2. The predicted molar refractivity (Wildman–Crippen MR) is 101 cm³/mol. The first-order valence-corrected chi connectivity index (χ1v) is 8.98. The molecule has 1 saturated carbocycles. The Morgan fingerprint density at radius 3 is 2.00 bits per heavy atom. The van der Waals surface area contributed by atoms with Gasteiger partial charge in [0.2, 0.25) is 0 Å². The second kappa shape index (κ2) is 8.47. The molecule has 2 aliphatic rings. The maximum absolute atomic E-state index is 12.3. The number of amidine groups is 1. The number of carbonyl (C=O) groups excluding carboxylic acids is 1. The van der Waals surface area contributed by atoms with E-state index in [0.717, 1.165) is 24.8 Å². The first kappa shape index (κ1) is 17.2. The highest BCUT2D eigenvalue weighted by Gasteiger charge is 2.35. The van der Waals surface area contributed by atoms with Crippen molar-refractivity contribution in [1.29, 1.82) is 5.41 Å². The molecule has 1 aliphatic heterocycles. The fourth-order valence-electron chi connectivity index (χ4n) is 3.15. The molecule has 1 atom stereocenters. The summed E-state index contributed by atoms with van der Waals surface area (Å²) in [5.41, 5.74) is 1.12. The van der Waals surface area contributed by atoms with Gasteiger partial charge in [0.25, 0.3) is 0 Å². The normalized spacial score (nSPS) is 19.6. The Balaban J connectivity index is 0.000000258. The maximum Gasteiger partial charge on any atom is 0.323 e. The van der Waals surface area contributed by atoms with Crippen LogP contribution in [0.1, 0.15) is 43.7 Å². The van der Waals surface area contributed by atoms with Crippen molar-refractivity contribution in [3.05, 3.63) is 72.3 Å². The molecule has 1 saturated heterocycles. The van der Waals surface area contributed by atoms with Crippen LogP contribution in [0.2, 0.25) is 0 Å². The van der Waals surface area contributed by atoms with Gasteiger partial charge in [-0.2, -0.15) is 0 Å². The lowest BCUT2D eigenvalue weighted by Gasteiger charge is -2.31. The molecule has 1 unspecified atom stereocenters. The van der Waals surface area contributed by atoms with Crippen molar-refractivity contribution in [1.82, 2.24) is 10.2 Å². The topological polar surface area (TPSA) is 56.2 Å². The van der Waals surface area contributed by atoms with Gasteiger partial charge in [-0.3, -0.25) is 10.3 Å². The summed E-state index contributed by atoms with van der Waals surface area (Å²) in [7, 11) is 0. The van der Waals surface area contributed by atoms with E-state index in [9.17, 15) is 4.79 Å². The number of nitrogens with zero attached hydrogens (tertiary/aromatic N) is 1. The van der Waals surface area contributed by atoms with E-state index >= 15 is 0 Å². The minimum absolute atomic E-state index is 0.0220. The molecule has 130 valence electrons. The minimum atomic E-state index is -0.0962. The molecule has 0 bridgehead atoms. The Hall–Kier alpha value is -2.62. The van der Waals surface area contributed by atoms with Gasteiger partial charge >= 0.3 is 6.03 Å². The molecule has 0 radical (unpaired) electrons. The van der Waals surface area contributed by atoms with Crippen LogP contribution in [0.25, 0.3) is 0 Å². The van der Waals surface area contributed by atoms with Gasteiger partial charge in [-0.1, -0.05) is 66.7 Å². The van der Waals surface area contributed by atoms with E-state index in [0.29, 0.717) is 18.3 Å². The molecule has 0 aromatic heterocycles. The second-order valence-corrected chi connectivity index (χ2v) is 6.51. The van der Waals surface area contributed by atoms with Crippen LogP contribution in [-0.4, -0.2) is 22.8 Å². The van der Waals surface area contributed by atoms with Crippen LogP contribution in [-0.2, 0) is 0 Å². The summed E-state index contributed by atoms with van der Waals surface area (Å²) in [6.07, 6.45) is 4.87. The third-order valence-corrected chi connectivity index (χ3v) is 4.76. The first-order valence-electron chi connectivity index (χ1n) is 8.98. The number of rotatable bonds is 2. The molecule has 1 aliphatic carbocycles. The Morgan fingerprint density at radius 2 is 1.48 bits per heavy atom. The minimum Gasteiger partial charge on any atom is -0.335 e. The molecule has 0 spiro atoms. The average molecular weight is 335 g/mol. The zero-order valence-electron chi connectivity index (χ0n) is 14.4. The van der Waals surface area contributed by atoms with Gasteiger partial charge in [0.15, 0.2) is 0 Å². The number of hydrogen-bond acceptors (Lipinski definition) is 2. The van der Waals surface area contributed by atoms with Crippen LogP contribution >= 0.6 is 0 Å². The smallest absolute Gasteiger partial charge is 0.323 e. The number of amides is 2.